The molecular formula is C14H16N2O4S. The van der Waals surface area contributed by atoms with Crippen LogP contribution in [-0.4, -0.2) is 38.5 Å². The topological polar surface area (TPSA) is 83.6 Å². The number of Topliss-reactive ketones (excluding diaryl/α,β-unsaturated/α-hetero) is 1. The van der Waals surface area contributed by atoms with Crippen molar-refractivity contribution in [2.45, 2.75) is 30.6 Å². The van der Waals surface area contributed by atoms with E-state index in [0.29, 0.717) is 18.5 Å². The van der Waals surface area contributed by atoms with Crippen molar-refractivity contribution >= 4 is 27.4 Å². The van der Waals surface area contributed by atoms with Crippen molar-refractivity contribution in [1.82, 2.24) is 4.31 Å². The number of nitrogens with one attached hydrogen (secondary N) is 1. The fraction of sp³-hybridized carbons (Fsp3) is 0.429. The second-order valence-corrected chi connectivity index (χ2v) is 7.65. The second-order valence-electron chi connectivity index (χ2n) is 5.53. The summed E-state index contributed by atoms with van der Waals surface area (Å²) < 4.78 is 26.1. The highest BCUT2D eigenvalue weighted by Crippen LogP contribution is 2.39. The first-order chi connectivity index (χ1) is 9.84. The molecule has 1 aliphatic carbocycles. The van der Waals surface area contributed by atoms with E-state index in [9.17, 15) is 18.0 Å². The zero-order valence-electron chi connectivity index (χ0n) is 11.9. The quantitative estimate of drug-likeness (QED) is 0.825. The van der Waals surface area contributed by atoms with Crippen LogP contribution in [0.15, 0.2) is 11.0 Å². The first-order valence-corrected chi connectivity index (χ1v) is 8.25. The summed E-state index contributed by atoms with van der Waals surface area (Å²) in [5.41, 5.74) is 2.24. The molecule has 1 N–H and O–H groups in total. The number of rotatable bonds is 2. The fourth-order valence-electron chi connectivity index (χ4n) is 2.95. The highest BCUT2D eigenvalue weighted by Gasteiger charge is 2.36. The van der Waals surface area contributed by atoms with Crippen LogP contribution in [0, 0.1) is 0 Å². The van der Waals surface area contributed by atoms with Crippen LogP contribution in [0.5, 0.6) is 0 Å². The third-order valence-electron chi connectivity index (χ3n) is 4.06. The number of amides is 1. The van der Waals surface area contributed by atoms with Gasteiger partial charge in [-0.3, -0.25) is 9.59 Å². The third-order valence-corrected chi connectivity index (χ3v) is 5.94. The van der Waals surface area contributed by atoms with Crippen molar-refractivity contribution in [3.8, 4) is 0 Å². The van der Waals surface area contributed by atoms with Gasteiger partial charge in [-0.15, -0.1) is 0 Å². The smallest absolute Gasteiger partial charge is 0.296 e. The van der Waals surface area contributed by atoms with E-state index in [1.807, 2.05) is 0 Å². The number of nitrogens with zero attached hydrogens (tertiary/aromatic N) is 1. The van der Waals surface area contributed by atoms with E-state index in [0.717, 1.165) is 28.3 Å². The van der Waals surface area contributed by atoms with E-state index >= 15 is 0 Å². The van der Waals surface area contributed by atoms with E-state index in [2.05, 4.69) is 5.32 Å². The molecule has 7 heteroatoms. The Hall–Kier alpha value is -1.73. The molecule has 2 aliphatic rings. The molecule has 6 nitrogen and oxygen atoms in total. The largest absolute Gasteiger partial charge is 0.318 e. The molecule has 1 amide bonds. The summed E-state index contributed by atoms with van der Waals surface area (Å²) in [6.07, 6.45) is 3.16. The van der Waals surface area contributed by atoms with Crippen LogP contribution in [0.4, 0.5) is 5.69 Å². The lowest BCUT2D eigenvalue weighted by molar-refractivity contribution is -0.112. The number of fused-ring (bicyclic) bond motifs is 3. The predicted octanol–water partition coefficient (Wildman–Crippen LogP) is 0.951. The molecule has 0 saturated heterocycles. The van der Waals surface area contributed by atoms with Gasteiger partial charge < -0.3 is 5.32 Å². The van der Waals surface area contributed by atoms with Crippen LogP contribution in [0.25, 0.3) is 0 Å². The molecule has 0 fully saturated rings. The number of sulfonamides is 1. The van der Waals surface area contributed by atoms with Gasteiger partial charge in [-0.25, -0.2) is 12.7 Å². The van der Waals surface area contributed by atoms with Gasteiger partial charge in [-0.05, 0) is 42.9 Å². The minimum Gasteiger partial charge on any atom is -0.318 e. The van der Waals surface area contributed by atoms with Crippen LogP contribution in [0.2, 0.25) is 0 Å². The van der Waals surface area contributed by atoms with Gasteiger partial charge in [-0.1, -0.05) is 0 Å². The second kappa shape index (κ2) is 4.64. The monoisotopic (exact) mass is 308 g/mol. The Balaban J connectivity index is 2.33. The molecule has 1 aromatic rings. The first kappa shape index (κ1) is 14.2. The predicted molar refractivity (Wildman–Crippen MR) is 76.9 cm³/mol. The molecule has 0 unspecified atom stereocenters. The molecule has 0 radical (unpaired) electrons. The van der Waals surface area contributed by atoms with Crippen molar-refractivity contribution in [1.29, 1.82) is 0 Å². The Morgan fingerprint density at radius 2 is 1.71 bits per heavy atom. The summed E-state index contributed by atoms with van der Waals surface area (Å²) >= 11 is 0. The molecular weight excluding hydrogens is 292 g/mol. The summed E-state index contributed by atoms with van der Waals surface area (Å²) in [5.74, 6) is -1.34. The lowest BCUT2D eigenvalue weighted by Gasteiger charge is -2.23. The normalized spacial score (nSPS) is 17.7. The summed E-state index contributed by atoms with van der Waals surface area (Å²) in [7, 11) is -0.716. The summed E-state index contributed by atoms with van der Waals surface area (Å²) in [6, 6.07) is 1.36. The molecule has 0 saturated carbocycles. The minimum atomic E-state index is -3.64. The van der Waals surface area contributed by atoms with Gasteiger partial charge in [0, 0.05) is 14.1 Å². The van der Waals surface area contributed by atoms with Crippen molar-refractivity contribution in [2.24, 2.45) is 0 Å². The van der Waals surface area contributed by atoms with Crippen molar-refractivity contribution in [3.05, 3.63) is 22.8 Å². The molecule has 0 aromatic heterocycles. The number of carbonyl (C=O) groups excluding carboxylic acids is 2. The Morgan fingerprint density at radius 3 is 2.33 bits per heavy atom. The molecule has 1 aromatic carbocycles. The Labute approximate surface area is 123 Å². The van der Waals surface area contributed by atoms with E-state index < -0.39 is 21.7 Å². The zero-order valence-corrected chi connectivity index (χ0v) is 12.7. The lowest BCUT2D eigenvalue weighted by atomic mass is 9.88. The molecule has 1 aliphatic heterocycles. The Morgan fingerprint density at radius 1 is 1.10 bits per heavy atom. The van der Waals surface area contributed by atoms with Crippen molar-refractivity contribution in [2.75, 3.05) is 19.4 Å². The molecule has 112 valence electrons. The van der Waals surface area contributed by atoms with E-state index in [-0.39, 0.29) is 10.5 Å². The molecule has 0 spiro atoms. The third kappa shape index (κ3) is 1.99. The number of carbonyl (C=O) groups is 2. The Bertz CT molecular complexity index is 766. The maximum Gasteiger partial charge on any atom is 0.296 e. The summed E-state index contributed by atoms with van der Waals surface area (Å²) in [4.78, 5) is 23.7. The highest BCUT2D eigenvalue weighted by atomic mass is 32.2. The van der Waals surface area contributed by atoms with Gasteiger partial charge in [0.05, 0.1) is 16.1 Å². The SMILES string of the molecule is CN(C)S(=O)(=O)c1cc2c(c3c1CCCC3)NC(=O)C2=O. The molecule has 21 heavy (non-hydrogen) atoms. The average Bonchev–Trinajstić information content (AvgIpc) is 2.74. The van der Waals surface area contributed by atoms with Gasteiger partial charge in [0.15, 0.2) is 0 Å². The van der Waals surface area contributed by atoms with Crippen LogP contribution >= 0.6 is 0 Å². The fourth-order valence-corrected chi connectivity index (χ4v) is 4.14. The van der Waals surface area contributed by atoms with Gasteiger partial charge in [0.25, 0.3) is 11.7 Å². The van der Waals surface area contributed by atoms with Crippen LogP contribution < -0.4 is 5.32 Å². The number of hydrogen-bond donors (Lipinski definition) is 1. The Kier molecular flexibility index (Phi) is 3.14. The van der Waals surface area contributed by atoms with Gasteiger partial charge in [0.2, 0.25) is 10.0 Å². The highest BCUT2D eigenvalue weighted by molar-refractivity contribution is 7.89. The van der Waals surface area contributed by atoms with Crippen molar-refractivity contribution in [3.63, 3.8) is 0 Å². The van der Waals surface area contributed by atoms with E-state index in [4.69, 9.17) is 0 Å². The first-order valence-electron chi connectivity index (χ1n) is 6.81. The van der Waals surface area contributed by atoms with Crippen molar-refractivity contribution < 1.29 is 18.0 Å². The van der Waals surface area contributed by atoms with Crippen LogP contribution in [-0.2, 0) is 27.7 Å². The molecule has 1 heterocycles. The lowest BCUT2D eigenvalue weighted by Crippen LogP contribution is -2.25. The number of anilines is 1. The van der Waals surface area contributed by atoms with Crippen LogP contribution in [0.3, 0.4) is 0 Å². The number of ketones is 1. The van der Waals surface area contributed by atoms with Gasteiger partial charge in [0.1, 0.15) is 0 Å². The summed E-state index contributed by atoms with van der Waals surface area (Å²) in [5, 5.41) is 2.59. The number of benzene rings is 1. The van der Waals surface area contributed by atoms with Gasteiger partial charge >= 0.3 is 0 Å². The average molecular weight is 308 g/mol. The molecule has 3 rings (SSSR count). The van der Waals surface area contributed by atoms with Crippen LogP contribution in [0.1, 0.15) is 34.3 Å². The maximum absolute atomic E-state index is 12.5. The molecule has 0 bridgehead atoms. The standard InChI is InChI=1S/C14H16N2O4S/c1-16(2)21(19,20)11-7-10-12(15-14(18)13(10)17)9-6-4-3-5-8(9)11/h7H,3-6H2,1-2H3,(H,15,17,18). The van der Waals surface area contributed by atoms with E-state index in [1.165, 1.54) is 20.2 Å². The van der Waals surface area contributed by atoms with E-state index in [1.54, 1.807) is 0 Å². The zero-order chi connectivity index (χ0) is 15.4. The number of hydrogen-bond acceptors (Lipinski definition) is 4. The molecule has 0 atom stereocenters. The van der Waals surface area contributed by atoms with Gasteiger partial charge in [-0.2, -0.15) is 0 Å². The summed E-state index contributed by atoms with van der Waals surface area (Å²) in [6.45, 7) is 0. The maximum atomic E-state index is 12.5. The minimum absolute atomic E-state index is 0.158.